The van der Waals surface area contributed by atoms with E-state index in [0.29, 0.717) is 18.2 Å². The summed E-state index contributed by atoms with van der Waals surface area (Å²) in [6, 6.07) is 1.79. The van der Waals surface area contributed by atoms with Crippen molar-refractivity contribution < 1.29 is 4.74 Å². The van der Waals surface area contributed by atoms with Crippen LogP contribution >= 0.6 is 11.8 Å². The van der Waals surface area contributed by atoms with Crippen LogP contribution in [0, 0.1) is 0 Å². The molecular weight excluding hydrogens is 210 g/mol. The number of nitrogens with zero attached hydrogens (tertiary/aromatic N) is 2. The molecule has 0 fully saturated rings. The lowest BCUT2D eigenvalue weighted by Gasteiger charge is -2.17. The van der Waals surface area contributed by atoms with E-state index < -0.39 is 0 Å². The zero-order valence-corrected chi connectivity index (χ0v) is 10.4. The van der Waals surface area contributed by atoms with Crippen molar-refractivity contribution in [3.8, 4) is 0 Å². The first kappa shape index (κ1) is 12.3. The Morgan fingerprint density at radius 1 is 1.40 bits per heavy atom. The molecule has 0 radical (unpaired) electrons. The van der Waals surface area contributed by atoms with E-state index in [1.54, 1.807) is 24.9 Å². The number of thioether (sulfide) groups is 1. The Morgan fingerprint density at radius 2 is 2.07 bits per heavy atom. The first-order chi connectivity index (χ1) is 6.90. The molecule has 0 aromatic carbocycles. The highest BCUT2D eigenvalue weighted by Gasteiger charge is 2.14. The van der Waals surface area contributed by atoms with E-state index in [1.165, 1.54) is 0 Å². The third kappa shape index (κ3) is 4.48. The first-order valence-corrected chi connectivity index (χ1v) is 5.54. The number of anilines is 1. The summed E-state index contributed by atoms with van der Waals surface area (Å²) in [6.07, 6.45) is 0. The van der Waals surface area contributed by atoms with Crippen molar-refractivity contribution in [3.63, 3.8) is 0 Å². The molecule has 0 atom stereocenters. The van der Waals surface area contributed by atoms with Crippen LogP contribution in [0.25, 0.3) is 0 Å². The van der Waals surface area contributed by atoms with Gasteiger partial charge in [0.05, 0.1) is 0 Å². The highest BCUT2D eigenvalue weighted by Crippen LogP contribution is 2.30. The number of methoxy groups -OCH3 is 1. The van der Waals surface area contributed by atoms with Crippen LogP contribution in [0.3, 0.4) is 0 Å². The van der Waals surface area contributed by atoms with Gasteiger partial charge in [-0.05, 0) is 0 Å². The molecule has 2 N–H and O–H groups in total. The topological polar surface area (TPSA) is 61.0 Å². The number of nitrogen functional groups attached to an aromatic ring is 1. The van der Waals surface area contributed by atoms with Crippen molar-refractivity contribution in [1.29, 1.82) is 0 Å². The molecule has 1 heterocycles. The summed E-state index contributed by atoms with van der Waals surface area (Å²) in [4.78, 5) is 8.44. The quantitative estimate of drug-likeness (QED) is 0.633. The second-order valence-corrected chi connectivity index (χ2v) is 6.04. The largest absolute Gasteiger partial charge is 0.384 e. The molecule has 0 saturated heterocycles. The highest BCUT2D eigenvalue weighted by atomic mass is 32.2. The van der Waals surface area contributed by atoms with Crippen LogP contribution in [0.4, 0.5) is 5.82 Å². The van der Waals surface area contributed by atoms with Crippen LogP contribution in [0.2, 0.25) is 0 Å². The minimum absolute atomic E-state index is 0.116. The molecule has 0 unspecified atom stereocenters. The Hall–Kier alpha value is -0.810. The monoisotopic (exact) mass is 227 g/mol. The standard InChI is InChI=1S/C10H17N3OS/c1-10(2,3)15-9-5-7(11)12-8(13-9)6-14-4/h5H,6H2,1-4H3,(H2,11,12,13). The van der Waals surface area contributed by atoms with Crippen molar-refractivity contribution in [1.82, 2.24) is 9.97 Å². The van der Waals surface area contributed by atoms with Crippen LogP contribution in [-0.4, -0.2) is 21.8 Å². The molecule has 5 heteroatoms. The molecular formula is C10H17N3OS. The molecule has 1 aromatic heterocycles. The van der Waals surface area contributed by atoms with Gasteiger partial charge in [-0.1, -0.05) is 20.8 Å². The van der Waals surface area contributed by atoms with Gasteiger partial charge in [-0.15, -0.1) is 11.8 Å². The van der Waals surface area contributed by atoms with E-state index in [9.17, 15) is 0 Å². The van der Waals surface area contributed by atoms with Crippen molar-refractivity contribution in [2.75, 3.05) is 12.8 Å². The van der Waals surface area contributed by atoms with Crippen LogP contribution < -0.4 is 5.73 Å². The number of hydrogen-bond donors (Lipinski definition) is 1. The molecule has 84 valence electrons. The summed E-state index contributed by atoms with van der Waals surface area (Å²) in [7, 11) is 1.61. The van der Waals surface area contributed by atoms with Crippen LogP contribution in [0.15, 0.2) is 11.1 Å². The molecule has 15 heavy (non-hydrogen) atoms. The molecule has 0 amide bonds. The van der Waals surface area contributed by atoms with Gasteiger partial charge in [-0.2, -0.15) is 0 Å². The van der Waals surface area contributed by atoms with E-state index >= 15 is 0 Å². The predicted octanol–water partition coefficient (Wildman–Crippen LogP) is 2.10. The Bertz CT molecular complexity index is 336. The van der Waals surface area contributed by atoms with Gasteiger partial charge in [-0.25, -0.2) is 9.97 Å². The fraction of sp³-hybridized carbons (Fsp3) is 0.600. The summed E-state index contributed by atoms with van der Waals surface area (Å²) in [5.41, 5.74) is 5.69. The minimum atomic E-state index is 0.116. The zero-order chi connectivity index (χ0) is 11.5. The maximum atomic E-state index is 5.69. The zero-order valence-electron chi connectivity index (χ0n) is 9.57. The maximum Gasteiger partial charge on any atom is 0.157 e. The van der Waals surface area contributed by atoms with Gasteiger partial charge in [0.1, 0.15) is 17.5 Å². The molecule has 4 nitrogen and oxygen atoms in total. The Labute approximate surface area is 94.6 Å². The van der Waals surface area contributed by atoms with Crippen molar-refractivity contribution in [3.05, 3.63) is 11.9 Å². The molecule has 0 bridgehead atoms. The van der Waals surface area contributed by atoms with E-state index in [0.717, 1.165) is 5.03 Å². The van der Waals surface area contributed by atoms with Crippen molar-refractivity contribution in [2.45, 2.75) is 37.2 Å². The van der Waals surface area contributed by atoms with Gasteiger partial charge >= 0.3 is 0 Å². The third-order valence-corrected chi connectivity index (χ3v) is 2.48. The maximum absolute atomic E-state index is 5.69. The number of rotatable bonds is 3. The summed E-state index contributed by atoms with van der Waals surface area (Å²) >= 11 is 1.67. The fourth-order valence-electron chi connectivity index (χ4n) is 1.05. The summed E-state index contributed by atoms with van der Waals surface area (Å²) < 4.78 is 5.09. The lowest BCUT2D eigenvalue weighted by atomic mass is 10.3. The second kappa shape index (κ2) is 4.81. The number of hydrogen-bond acceptors (Lipinski definition) is 5. The normalized spacial score (nSPS) is 11.7. The fourth-order valence-corrected chi connectivity index (χ4v) is 2.01. The van der Waals surface area contributed by atoms with E-state index in [4.69, 9.17) is 10.5 Å². The van der Waals surface area contributed by atoms with Gasteiger partial charge in [-0.3, -0.25) is 0 Å². The summed E-state index contributed by atoms with van der Waals surface area (Å²) in [5.74, 6) is 1.12. The molecule has 0 aliphatic carbocycles. The SMILES string of the molecule is COCc1nc(N)cc(SC(C)(C)C)n1. The molecule has 1 aromatic rings. The van der Waals surface area contributed by atoms with E-state index in [-0.39, 0.29) is 4.75 Å². The van der Waals surface area contributed by atoms with Gasteiger partial charge in [0.15, 0.2) is 5.82 Å². The number of nitrogens with two attached hydrogens (primary N) is 1. The Morgan fingerprint density at radius 3 is 2.60 bits per heavy atom. The summed E-state index contributed by atoms with van der Waals surface area (Å²) in [5, 5.41) is 0.891. The predicted molar refractivity (Wildman–Crippen MR) is 62.8 cm³/mol. The first-order valence-electron chi connectivity index (χ1n) is 4.72. The average molecular weight is 227 g/mol. The second-order valence-electron chi connectivity index (χ2n) is 4.19. The minimum Gasteiger partial charge on any atom is -0.384 e. The molecule has 0 aliphatic rings. The van der Waals surface area contributed by atoms with Gasteiger partial charge in [0.25, 0.3) is 0 Å². The third-order valence-electron chi connectivity index (χ3n) is 1.45. The van der Waals surface area contributed by atoms with Gasteiger partial charge in [0, 0.05) is 17.9 Å². The molecule has 0 aliphatic heterocycles. The van der Waals surface area contributed by atoms with Crippen LogP contribution in [0.1, 0.15) is 26.6 Å². The molecule has 1 rings (SSSR count). The average Bonchev–Trinajstić information content (AvgIpc) is 1.99. The highest BCUT2D eigenvalue weighted by molar-refractivity contribution is 8.00. The number of aromatic nitrogens is 2. The van der Waals surface area contributed by atoms with Crippen LogP contribution in [0.5, 0.6) is 0 Å². The summed E-state index contributed by atoms with van der Waals surface area (Å²) in [6.45, 7) is 6.78. The lowest BCUT2D eigenvalue weighted by molar-refractivity contribution is 0.177. The smallest absolute Gasteiger partial charge is 0.157 e. The van der Waals surface area contributed by atoms with Gasteiger partial charge in [0.2, 0.25) is 0 Å². The van der Waals surface area contributed by atoms with Crippen LogP contribution in [-0.2, 0) is 11.3 Å². The van der Waals surface area contributed by atoms with E-state index in [2.05, 4.69) is 30.7 Å². The number of ether oxygens (including phenoxy) is 1. The van der Waals surface area contributed by atoms with Crippen molar-refractivity contribution in [2.24, 2.45) is 0 Å². The lowest BCUT2D eigenvalue weighted by Crippen LogP contribution is -2.09. The Balaban J connectivity index is 2.88. The van der Waals surface area contributed by atoms with Crippen molar-refractivity contribution >= 4 is 17.6 Å². The Kier molecular flexibility index (Phi) is 3.93. The van der Waals surface area contributed by atoms with Gasteiger partial charge < -0.3 is 10.5 Å². The molecule has 0 spiro atoms. The molecule has 0 saturated carbocycles. The van der Waals surface area contributed by atoms with E-state index in [1.807, 2.05) is 0 Å².